The number of para-hydroxylation sites is 1. The predicted octanol–water partition coefficient (Wildman–Crippen LogP) is 6.66. The molecule has 0 fully saturated rings. The summed E-state index contributed by atoms with van der Waals surface area (Å²) in [5.74, 6) is -0.290. The predicted molar refractivity (Wildman–Crippen MR) is 159 cm³/mol. The van der Waals surface area contributed by atoms with Gasteiger partial charge in [-0.15, -0.1) is 0 Å². The number of aliphatic hydroxyl groups excluding tert-OH is 1. The van der Waals surface area contributed by atoms with Crippen LogP contribution in [0.2, 0.25) is 5.02 Å². The highest BCUT2D eigenvalue weighted by Gasteiger charge is 2.21. The van der Waals surface area contributed by atoms with Gasteiger partial charge in [-0.25, -0.2) is 9.59 Å². The summed E-state index contributed by atoms with van der Waals surface area (Å²) in [5.41, 5.74) is 4.00. The third kappa shape index (κ3) is 7.64. The van der Waals surface area contributed by atoms with Crippen LogP contribution in [0.25, 0.3) is 0 Å². The summed E-state index contributed by atoms with van der Waals surface area (Å²) >= 11 is 6.06. The fourth-order valence-electron chi connectivity index (χ4n) is 4.89. The molecule has 5 rings (SSSR count). The molecular weight excluding hydrogens is 542 g/mol. The van der Waals surface area contributed by atoms with Crippen LogP contribution in [0.4, 0.5) is 16.2 Å². The zero-order chi connectivity index (χ0) is 28.8. The van der Waals surface area contributed by atoms with Gasteiger partial charge in [-0.05, 0) is 84.5 Å². The van der Waals surface area contributed by atoms with E-state index in [0.29, 0.717) is 23.0 Å². The van der Waals surface area contributed by atoms with Gasteiger partial charge in [0.25, 0.3) is 0 Å². The van der Waals surface area contributed by atoms with Gasteiger partial charge in [0.05, 0.1) is 11.7 Å². The van der Waals surface area contributed by atoms with Crippen LogP contribution in [-0.4, -0.2) is 34.8 Å². The van der Waals surface area contributed by atoms with Crippen LogP contribution in [0.3, 0.4) is 0 Å². The average Bonchev–Trinajstić information content (AvgIpc) is 2.96. The topological polar surface area (TPSA) is 120 Å². The number of fused-ring (bicyclic) bond motifs is 1. The number of aryl methyl sites for hydroxylation is 1. The lowest BCUT2D eigenvalue weighted by Crippen LogP contribution is -2.37. The maximum Gasteiger partial charge on any atom is 0.335 e. The highest BCUT2D eigenvalue weighted by molar-refractivity contribution is 6.30. The second-order valence-corrected chi connectivity index (χ2v) is 10.4. The molecule has 5 N–H and O–H groups in total. The molecule has 2 atom stereocenters. The molecule has 2 amide bonds. The van der Waals surface area contributed by atoms with Crippen molar-refractivity contribution in [3.05, 3.63) is 118 Å². The molecule has 0 saturated carbocycles. The Kier molecular flexibility index (Phi) is 8.84. The van der Waals surface area contributed by atoms with Gasteiger partial charge in [-0.2, -0.15) is 0 Å². The minimum Gasteiger partial charge on any atom is -0.478 e. The van der Waals surface area contributed by atoms with Crippen molar-refractivity contribution < 1.29 is 24.5 Å². The summed E-state index contributed by atoms with van der Waals surface area (Å²) in [5, 5.41) is 29.6. The van der Waals surface area contributed by atoms with Crippen molar-refractivity contribution in [1.82, 2.24) is 5.32 Å². The second-order valence-electron chi connectivity index (χ2n) is 9.95. The standard InChI is InChI=1S/C32H30ClN3O5/c33-24-6-4-5-21(13-24)30(37)19-34-26-11-9-20-10-12-28(16-22(20)14-26)41-29-17-23(31(38)39)15-27(18-29)36-32(40)35-25-7-2-1-3-8-25/h1-8,10,12-13,15-18,26,30,34,37H,9,11,14,19H2,(H,38,39)(H2,35,36,40)/t26-,30-/m0/s1. The zero-order valence-electron chi connectivity index (χ0n) is 22.1. The third-order valence-corrected chi connectivity index (χ3v) is 7.15. The van der Waals surface area contributed by atoms with E-state index in [1.54, 1.807) is 42.5 Å². The van der Waals surface area contributed by atoms with Gasteiger partial charge >= 0.3 is 12.0 Å². The van der Waals surface area contributed by atoms with Gasteiger partial charge in [-0.1, -0.05) is 48.0 Å². The molecule has 0 spiro atoms. The Labute approximate surface area is 242 Å². The molecule has 41 heavy (non-hydrogen) atoms. The monoisotopic (exact) mass is 571 g/mol. The summed E-state index contributed by atoms with van der Waals surface area (Å²) < 4.78 is 6.07. The smallest absolute Gasteiger partial charge is 0.335 e. The minimum atomic E-state index is -1.14. The van der Waals surface area contributed by atoms with Crippen LogP contribution < -0.4 is 20.7 Å². The van der Waals surface area contributed by atoms with Crippen LogP contribution in [-0.2, 0) is 12.8 Å². The number of amides is 2. The number of aliphatic hydroxyl groups is 1. The molecule has 0 saturated heterocycles. The minimum absolute atomic E-state index is 0.0157. The molecule has 0 radical (unpaired) electrons. The molecule has 0 unspecified atom stereocenters. The van der Waals surface area contributed by atoms with Crippen LogP contribution in [0.15, 0.2) is 91.0 Å². The molecule has 0 bridgehead atoms. The van der Waals surface area contributed by atoms with Crippen molar-refractivity contribution in [1.29, 1.82) is 0 Å². The number of aromatic carboxylic acids is 1. The number of carboxylic acids is 1. The Hall–Kier alpha value is -4.37. The van der Waals surface area contributed by atoms with E-state index in [1.165, 1.54) is 17.7 Å². The van der Waals surface area contributed by atoms with Crippen LogP contribution in [0, 0.1) is 0 Å². The molecular formula is C32H30ClN3O5. The van der Waals surface area contributed by atoms with E-state index < -0.39 is 18.1 Å². The molecule has 0 aromatic heterocycles. The van der Waals surface area contributed by atoms with E-state index in [9.17, 15) is 19.8 Å². The fraction of sp³-hybridized carbons (Fsp3) is 0.188. The van der Waals surface area contributed by atoms with Gasteiger partial charge in [0, 0.05) is 35.1 Å². The number of nitrogens with one attached hydrogen (secondary N) is 3. The number of carbonyl (C=O) groups excluding carboxylic acids is 1. The lowest BCUT2D eigenvalue weighted by Gasteiger charge is -2.27. The Balaban J connectivity index is 1.25. The zero-order valence-corrected chi connectivity index (χ0v) is 22.9. The van der Waals surface area contributed by atoms with Gasteiger partial charge < -0.3 is 30.9 Å². The van der Waals surface area contributed by atoms with Crippen molar-refractivity contribution in [2.75, 3.05) is 17.2 Å². The lowest BCUT2D eigenvalue weighted by molar-refractivity contribution is 0.0696. The van der Waals surface area contributed by atoms with Crippen molar-refractivity contribution in [3.63, 3.8) is 0 Å². The lowest BCUT2D eigenvalue weighted by atomic mass is 9.88. The largest absolute Gasteiger partial charge is 0.478 e. The molecule has 1 aliphatic carbocycles. The highest BCUT2D eigenvalue weighted by Crippen LogP contribution is 2.31. The number of hydrogen-bond donors (Lipinski definition) is 5. The summed E-state index contributed by atoms with van der Waals surface area (Å²) in [6.07, 6.45) is 1.93. The van der Waals surface area contributed by atoms with Crippen molar-refractivity contribution >= 4 is 35.0 Å². The van der Waals surface area contributed by atoms with Gasteiger partial charge in [0.1, 0.15) is 11.5 Å². The van der Waals surface area contributed by atoms with E-state index in [0.717, 1.165) is 30.4 Å². The third-order valence-electron chi connectivity index (χ3n) is 6.92. The number of anilines is 2. The van der Waals surface area contributed by atoms with Crippen LogP contribution in [0.5, 0.6) is 11.5 Å². The Bertz CT molecular complexity index is 1550. The quantitative estimate of drug-likeness (QED) is 0.153. The molecule has 8 nitrogen and oxygen atoms in total. The molecule has 210 valence electrons. The highest BCUT2D eigenvalue weighted by atomic mass is 35.5. The van der Waals surface area contributed by atoms with E-state index >= 15 is 0 Å². The maximum absolute atomic E-state index is 12.5. The summed E-state index contributed by atoms with van der Waals surface area (Å²) in [6.45, 7) is 0.409. The average molecular weight is 572 g/mol. The normalized spacial score (nSPS) is 14.9. The number of rotatable bonds is 9. The van der Waals surface area contributed by atoms with E-state index in [2.05, 4.69) is 16.0 Å². The summed E-state index contributed by atoms with van der Waals surface area (Å²) in [7, 11) is 0. The molecule has 4 aromatic carbocycles. The molecule has 4 aromatic rings. The maximum atomic E-state index is 12.5. The Morgan fingerprint density at radius 2 is 1.68 bits per heavy atom. The van der Waals surface area contributed by atoms with Crippen LogP contribution >= 0.6 is 11.6 Å². The first-order valence-electron chi connectivity index (χ1n) is 13.3. The fourth-order valence-corrected chi connectivity index (χ4v) is 5.08. The summed E-state index contributed by atoms with van der Waals surface area (Å²) in [6, 6.07) is 26.1. The van der Waals surface area contributed by atoms with E-state index in [1.807, 2.05) is 36.4 Å². The first-order valence-corrected chi connectivity index (χ1v) is 13.7. The Morgan fingerprint density at radius 1 is 0.878 bits per heavy atom. The molecule has 0 heterocycles. The first kappa shape index (κ1) is 28.2. The number of ether oxygens (including phenoxy) is 1. The van der Waals surface area contributed by atoms with Crippen molar-refractivity contribution in [3.8, 4) is 11.5 Å². The molecule has 9 heteroatoms. The van der Waals surface area contributed by atoms with Gasteiger partial charge in [-0.3, -0.25) is 0 Å². The first-order chi connectivity index (χ1) is 19.8. The number of halogens is 1. The number of carbonyl (C=O) groups is 2. The van der Waals surface area contributed by atoms with Gasteiger partial charge in [0.2, 0.25) is 0 Å². The van der Waals surface area contributed by atoms with Crippen molar-refractivity contribution in [2.45, 2.75) is 31.4 Å². The molecule has 0 aliphatic heterocycles. The number of carboxylic acid groups (broad SMARTS) is 1. The van der Waals surface area contributed by atoms with Crippen molar-refractivity contribution in [2.24, 2.45) is 0 Å². The number of hydrogen-bond acceptors (Lipinski definition) is 5. The summed E-state index contributed by atoms with van der Waals surface area (Å²) in [4.78, 5) is 24.2. The number of urea groups is 1. The SMILES string of the molecule is O=C(Nc1ccccc1)Nc1cc(Oc2ccc3c(c2)C[C@@H](NC[C@H](O)c2cccc(Cl)c2)CC3)cc(C(=O)O)c1. The van der Waals surface area contributed by atoms with E-state index in [-0.39, 0.29) is 23.0 Å². The second kappa shape index (κ2) is 12.9. The van der Waals surface area contributed by atoms with Crippen LogP contribution in [0.1, 0.15) is 39.6 Å². The Morgan fingerprint density at radius 3 is 2.46 bits per heavy atom. The van der Waals surface area contributed by atoms with E-state index in [4.69, 9.17) is 16.3 Å². The molecule has 1 aliphatic rings. The van der Waals surface area contributed by atoms with Gasteiger partial charge in [0.15, 0.2) is 0 Å². The number of benzene rings is 4.